The molecule has 1 aliphatic carbocycles. The molecule has 0 spiro atoms. The molecule has 1 saturated heterocycles. The number of hydrogen-bond acceptors (Lipinski definition) is 8. The van der Waals surface area contributed by atoms with Crippen molar-refractivity contribution in [2.24, 2.45) is 15.6 Å². The number of piperidine rings is 1. The number of nitrogens with zero attached hydrogens (tertiary/aromatic N) is 5. The molecule has 42 heavy (non-hydrogen) atoms. The Hall–Kier alpha value is -4.47. The number of aromatic nitrogens is 2. The fourth-order valence-electron chi connectivity index (χ4n) is 6.36. The number of ether oxygens (including phenoxy) is 1. The molecule has 216 valence electrons. The van der Waals surface area contributed by atoms with E-state index in [2.05, 4.69) is 32.4 Å². The zero-order valence-electron chi connectivity index (χ0n) is 24.5. The van der Waals surface area contributed by atoms with Crippen molar-refractivity contribution in [1.82, 2.24) is 20.2 Å². The van der Waals surface area contributed by atoms with Gasteiger partial charge in [0.25, 0.3) is 0 Å². The standard InChI is InChI=1S/C32H34N6O4/c1-18-10-22(23-16-33-20(3)34-17-23)11-25-29(18)36-37-32(25,19(2)39)14-28(40)38-26(12-31(4)13-27(31)38)30(41)35-15-21-6-8-24(42-5)9-7-21/h6-11,16-17,26-27H,12-15H2,1-5H3,(H,35,41)/t26-,27+,31-,32?/m0/s1. The predicted octanol–water partition coefficient (Wildman–Crippen LogP) is 4.74. The van der Waals surface area contributed by atoms with Gasteiger partial charge in [-0.3, -0.25) is 14.4 Å². The summed E-state index contributed by atoms with van der Waals surface area (Å²) >= 11 is 0. The number of likely N-dealkylation sites (tertiary alicyclic amines) is 1. The molecule has 2 aliphatic heterocycles. The van der Waals surface area contributed by atoms with Crippen LogP contribution in [0.4, 0.5) is 5.69 Å². The summed E-state index contributed by atoms with van der Waals surface area (Å²) in [7, 11) is 1.61. The number of benzene rings is 2. The zero-order chi connectivity index (χ0) is 29.8. The number of methoxy groups -OCH3 is 1. The van der Waals surface area contributed by atoms with Crippen LogP contribution in [0.2, 0.25) is 0 Å². The monoisotopic (exact) mass is 566 g/mol. The summed E-state index contributed by atoms with van der Waals surface area (Å²) in [5.74, 6) is 0.661. The minimum Gasteiger partial charge on any atom is -0.497 e. The summed E-state index contributed by atoms with van der Waals surface area (Å²) in [6.07, 6.45) is 4.70. The molecule has 1 unspecified atom stereocenters. The molecule has 0 bridgehead atoms. The molecule has 4 atom stereocenters. The Balaban J connectivity index is 1.26. The molecule has 10 nitrogen and oxygen atoms in total. The fraction of sp³-hybridized carbons (Fsp3) is 0.406. The first-order valence-electron chi connectivity index (χ1n) is 14.1. The van der Waals surface area contributed by atoms with E-state index in [1.165, 1.54) is 6.92 Å². The van der Waals surface area contributed by atoms with Crippen LogP contribution in [0.15, 0.2) is 59.0 Å². The number of nitrogens with one attached hydrogen (secondary N) is 1. The number of hydrogen-bond donors (Lipinski definition) is 1. The molecular weight excluding hydrogens is 532 g/mol. The first-order valence-corrected chi connectivity index (χ1v) is 14.1. The van der Waals surface area contributed by atoms with Crippen LogP contribution >= 0.6 is 0 Å². The van der Waals surface area contributed by atoms with Crippen LogP contribution in [-0.2, 0) is 26.5 Å². The van der Waals surface area contributed by atoms with Crippen LogP contribution in [0, 0.1) is 19.3 Å². The highest BCUT2D eigenvalue weighted by Gasteiger charge is 2.65. The van der Waals surface area contributed by atoms with Crippen molar-refractivity contribution in [3.05, 3.63) is 71.3 Å². The van der Waals surface area contributed by atoms with E-state index in [0.717, 1.165) is 34.4 Å². The molecule has 6 rings (SSSR count). The third-order valence-electron chi connectivity index (χ3n) is 9.02. The lowest BCUT2D eigenvalue weighted by atomic mass is 9.81. The fourth-order valence-corrected chi connectivity index (χ4v) is 6.36. The van der Waals surface area contributed by atoms with Gasteiger partial charge >= 0.3 is 0 Å². The predicted molar refractivity (Wildman–Crippen MR) is 155 cm³/mol. The molecule has 3 heterocycles. The SMILES string of the molecule is COc1ccc(CNC(=O)[C@@H]2C[C@@]3(C)C[C@H]3N2C(=O)CC2(C(C)=O)N=Nc3c(C)cc(-c4cnc(C)nc4)cc32)cc1. The van der Waals surface area contributed by atoms with Gasteiger partial charge in [0.05, 0.1) is 19.2 Å². The summed E-state index contributed by atoms with van der Waals surface area (Å²) < 4.78 is 5.21. The Morgan fingerprint density at radius 3 is 2.43 bits per heavy atom. The molecule has 2 aromatic carbocycles. The molecule has 1 aromatic heterocycles. The van der Waals surface area contributed by atoms with Gasteiger partial charge in [-0.05, 0) is 80.0 Å². The van der Waals surface area contributed by atoms with Crippen molar-refractivity contribution >= 4 is 23.3 Å². The largest absolute Gasteiger partial charge is 0.497 e. The maximum absolute atomic E-state index is 14.1. The van der Waals surface area contributed by atoms with Crippen LogP contribution in [0.1, 0.15) is 55.6 Å². The zero-order valence-corrected chi connectivity index (χ0v) is 24.5. The third-order valence-corrected chi connectivity index (χ3v) is 9.02. The van der Waals surface area contributed by atoms with Crippen LogP contribution in [0.25, 0.3) is 11.1 Å². The van der Waals surface area contributed by atoms with Gasteiger partial charge in [0.2, 0.25) is 11.8 Å². The highest BCUT2D eigenvalue weighted by molar-refractivity contribution is 5.98. The average Bonchev–Trinajstić information content (AvgIpc) is 3.32. The number of fused-ring (bicyclic) bond motifs is 2. The van der Waals surface area contributed by atoms with E-state index < -0.39 is 11.6 Å². The Labute approximate surface area is 244 Å². The summed E-state index contributed by atoms with van der Waals surface area (Å²) in [4.78, 5) is 51.2. The molecule has 3 aromatic rings. The molecule has 0 radical (unpaired) electrons. The van der Waals surface area contributed by atoms with Gasteiger partial charge in [-0.1, -0.05) is 19.1 Å². The average molecular weight is 567 g/mol. The quantitative estimate of drug-likeness (QED) is 0.420. The Kier molecular flexibility index (Phi) is 6.67. The first kappa shape index (κ1) is 27.7. The van der Waals surface area contributed by atoms with Crippen molar-refractivity contribution < 1.29 is 19.1 Å². The molecule has 1 saturated carbocycles. The van der Waals surface area contributed by atoms with E-state index in [9.17, 15) is 14.4 Å². The highest BCUT2D eigenvalue weighted by atomic mass is 16.5. The molecule has 10 heteroatoms. The Morgan fingerprint density at radius 2 is 1.76 bits per heavy atom. The van der Waals surface area contributed by atoms with Gasteiger partial charge in [0.15, 0.2) is 11.3 Å². The van der Waals surface area contributed by atoms with Crippen molar-refractivity contribution in [1.29, 1.82) is 0 Å². The number of carbonyl (C=O) groups is 3. The summed E-state index contributed by atoms with van der Waals surface area (Å²) in [5.41, 5.74) is 3.02. The lowest BCUT2D eigenvalue weighted by molar-refractivity contribution is -0.142. The maximum atomic E-state index is 14.1. The van der Waals surface area contributed by atoms with E-state index in [1.807, 2.05) is 50.2 Å². The number of Topliss-reactive ketones (excluding diaryl/α,β-unsaturated/α-hetero) is 1. The Bertz CT molecular complexity index is 1620. The molecule has 2 fully saturated rings. The van der Waals surface area contributed by atoms with Crippen molar-refractivity contribution in [3.63, 3.8) is 0 Å². The summed E-state index contributed by atoms with van der Waals surface area (Å²) in [6.45, 7) is 7.62. The molecular formula is C32H34N6O4. The highest BCUT2D eigenvalue weighted by Crippen LogP contribution is 2.60. The number of carbonyl (C=O) groups excluding carboxylic acids is 3. The number of aryl methyl sites for hydroxylation is 2. The van der Waals surface area contributed by atoms with E-state index in [1.54, 1.807) is 24.4 Å². The van der Waals surface area contributed by atoms with Gasteiger partial charge in [0, 0.05) is 36.1 Å². The number of amides is 2. The van der Waals surface area contributed by atoms with Gasteiger partial charge in [-0.15, -0.1) is 0 Å². The minimum atomic E-state index is -1.46. The first-order chi connectivity index (χ1) is 20.0. The smallest absolute Gasteiger partial charge is 0.243 e. The van der Waals surface area contributed by atoms with Gasteiger partial charge < -0.3 is 15.0 Å². The van der Waals surface area contributed by atoms with Crippen molar-refractivity contribution in [2.75, 3.05) is 7.11 Å². The van der Waals surface area contributed by atoms with Crippen molar-refractivity contribution in [3.8, 4) is 16.9 Å². The van der Waals surface area contributed by atoms with Gasteiger partial charge in [-0.2, -0.15) is 10.2 Å². The second kappa shape index (κ2) is 10.1. The van der Waals surface area contributed by atoms with Crippen LogP contribution in [-0.4, -0.2) is 51.7 Å². The second-order valence-corrected chi connectivity index (χ2v) is 12.0. The lowest BCUT2D eigenvalue weighted by Crippen LogP contribution is -2.49. The molecule has 1 N–H and O–H groups in total. The van der Waals surface area contributed by atoms with Crippen molar-refractivity contribution in [2.45, 2.75) is 71.1 Å². The number of ketones is 1. The van der Waals surface area contributed by atoms with E-state index in [4.69, 9.17) is 4.74 Å². The number of azo groups is 1. The number of rotatable bonds is 8. The molecule has 2 amide bonds. The normalized spacial score (nSPS) is 25.1. The van der Waals surface area contributed by atoms with Gasteiger partial charge in [0.1, 0.15) is 17.6 Å². The van der Waals surface area contributed by atoms with Gasteiger partial charge in [-0.25, -0.2) is 9.97 Å². The van der Waals surface area contributed by atoms with E-state index in [-0.39, 0.29) is 35.5 Å². The maximum Gasteiger partial charge on any atom is 0.243 e. The van der Waals surface area contributed by atoms with Crippen LogP contribution in [0.3, 0.4) is 0 Å². The Morgan fingerprint density at radius 1 is 1.05 bits per heavy atom. The lowest BCUT2D eigenvalue weighted by Gasteiger charge is -2.30. The third kappa shape index (κ3) is 4.64. The molecule has 3 aliphatic rings. The van der Waals surface area contributed by atoms with E-state index in [0.29, 0.717) is 30.0 Å². The van der Waals surface area contributed by atoms with Crippen LogP contribution in [0.5, 0.6) is 5.75 Å². The minimum absolute atomic E-state index is 0.0404. The van der Waals surface area contributed by atoms with E-state index >= 15 is 0 Å². The van der Waals surface area contributed by atoms with Crippen LogP contribution < -0.4 is 10.1 Å². The summed E-state index contributed by atoms with van der Waals surface area (Å²) in [5, 5.41) is 11.9. The summed E-state index contributed by atoms with van der Waals surface area (Å²) in [6, 6.07) is 10.7. The topological polar surface area (TPSA) is 126 Å². The second-order valence-electron chi connectivity index (χ2n) is 12.0.